The SMILES string of the molecule is C=CCOc1c(OC)cc(CN2c3ccccc3Cc3ccc(S(=O)(=O)CCN(C)C)cc32)cc1OC.O=c1c2ccccc2[nH]c2ccccc12. The molecule has 52 heavy (non-hydrogen) atoms. The number of pyridine rings is 1. The van der Waals surface area contributed by atoms with Crippen LogP contribution in [0.5, 0.6) is 17.2 Å². The average Bonchev–Trinajstić information content (AvgIpc) is 3.16. The lowest BCUT2D eigenvalue weighted by atomic mass is 9.95. The zero-order valence-electron chi connectivity index (χ0n) is 29.9. The van der Waals surface area contributed by atoms with Crippen molar-refractivity contribution in [2.24, 2.45) is 0 Å². The lowest BCUT2D eigenvalue weighted by Gasteiger charge is -2.34. The van der Waals surface area contributed by atoms with Crippen LogP contribution in [0, 0.1) is 0 Å². The van der Waals surface area contributed by atoms with Crippen LogP contribution < -0.4 is 24.5 Å². The molecule has 10 heteroatoms. The van der Waals surface area contributed by atoms with Gasteiger partial charge in [-0.25, -0.2) is 8.42 Å². The molecular weight excluding hydrogens is 675 g/mol. The molecule has 0 amide bonds. The largest absolute Gasteiger partial charge is 0.493 e. The Morgan fingerprint density at radius 2 is 1.40 bits per heavy atom. The molecule has 0 saturated heterocycles. The van der Waals surface area contributed by atoms with E-state index in [4.69, 9.17) is 14.2 Å². The van der Waals surface area contributed by atoms with E-state index < -0.39 is 9.84 Å². The van der Waals surface area contributed by atoms with Crippen LogP contribution in [0.3, 0.4) is 0 Å². The molecular formula is C42H43N3O6S. The summed E-state index contributed by atoms with van der Waals surface area (Å²) in [6.45, 7) is 4.98. The average molecular weight is 718 g/mol. The molecule has 9 nitrogen and oxygen atoms in total. The van der Waals surface area contributed by atoms with E-state index in [1.165, 1.54) is 5.56 Å². The quantitative estimate of drug-likeness (QED) is 0.109. The molecule has 1 aromatic heterocycles. The number of hydrogen-bond acceptors (Lipinski definition) is 8. The zero-order valence-corrected chi connectivity index (χ0v) is 30.7. The number of nitrogens with one attached hydrogen (secondary N) is 1. The molecule has 5 aromatic carbocycles. The first kappa shape index (κ1) is 36.2. The highest BCUT2D eigenvalue weighted by Crippen LogP contribution is 2.43. The molecule has 268 valence electrons. The van der Waals surface area contributed by atoms with E-state index in [1.54, 1.807) is 26.4 Å². The number of benzene rings is 5. The summed E-state index contributed by atoms with van der Waals surface area (Å²) in [5.41, 5.74) is 7.00. The van der Waals surface area contributed by atoms with Crippen molar-refractivity contribution in [2.45, 2.75) is 17.9 Å². The standard InChI is InChI=1S/C29H34N2O5S.C13H9NO/c1-6-14-36-29-27(34-4)16-21(17-28(29)35-5)20-31-25-10-8-7-9-22(25)18-23-11-12-24(19-26(23)31)37(32,33)15-13-30(2)3;15-13-9-5-1-3-7-11(9)14-12-8-4-2-6-10(12)13/h6-12,16-17,19H,1,13-15,18,20H2,2-5H3;1-8H,(H,14,15). The molecule has 0 atom stereocenters. The number of aromatic nitrogens is 1. The van der Waals surface area contributed by atoms with Gasteiger partial charge in [-0.2, -0.15) is 0 Å². The minimum Gasteiger partial charge on any atom is -0.493 e. The minimum absolute atomic E-state index is 0.0654. The Labute approximate surface area is 304 Å². The summed E-state index contributed by atoms with van der Waals surface area (Å²) in [6.07, 6.45) is 2.40. The third-order valence-electron chi connectivity index (χ3n) is 9.00. The Bertz CT molecular complexity index is 2320. The maximum absolute atomic E-state index is 13.1. The summed E-state index contributed by atoms with van der Waals surface area (Å²) in [7, 11) is 3.50. The third kappa shape index (κ3) is 7.68. The number of fused-ring (bicyclic) bond motifs is 4. The van der Waals surface area contributed by atoms with Crippen molar-refractivity contribution in [2.75, 3.05) is 52.1 Å². The summed E-state index contributed by atoms with van der Waals surface area (Å²) >= 11 is 0. The van der Waals surface area contributed by atoms with E-state index in [2.05, 4.69) is 28.6 Å². The Morgan fingerprint density at radius 3 is 2.02 bits per heavy atom. The summed E-state index contributed by atoms with van der Waals surface area (Å²) in [6, 6.07) is 32.7. The third-order valence-corrected chi connectivity index (χ3v) is 10.7. The van der Waals surface area contributed by atoms with Gasteiger partial charge in [0.15, 0.2) is 26.8 Å². The van der Waals surface area contributed by atoms with Gasteiger partial charge in [0.05, 0.1) is 24.9 Å². The summed E-state index contributed by atoms with van der Waals surface area (Å²) < 4.78 is 43.3. The van der Waals surface area contributed by atoms with Gasteiger partial charge in [-0.3, -0.25) is 4.79 Å². The number of hydrogen-bond donors (Lipinski definition) is 1. The van der Waals surface area contributed by atoms with Crippen LogP contribution in [-0.2, 0) is 22.8 Å². The number of nitrogens with zero attached hydrogens (tertiary/aromatic N) is 2. The summed E-state index contributed by atoms with van der Waals surface area (Å²) in [5.74, 6) is 1.70. The van der Waals surface area contributed by atoms with Crippen LogP contribution in [0.15, 0.2) is 125 Å². The zero-order chi connectivity index (χ0) is 36.8. The van der Waals surface area contributed by atoms with Crippen molar-refractivity contribution >= 4 is 43.0 Å². The van der Waals surface area contributed by atoms with Gasteiger partial charge in [0.1, 0.15) is 6.61 Å². The first-order valence-corrected chi connectivity index (χ1v) is 18.6. The topological polar surface area (TPSA) is 101 Å². The van der Waals surface area contributed by atoms with Gasteiger partial charge < -0.3 is 29.0 Å². The lowest BCUT2D eigenvalue weighted by Crippen LogP contribution is -2.25. The Balaban J connectivity index is 0.000000255. The maximum atomic E-state index is 13.1. The molecule has 1 N–H and O–H groups in total. The first-order chi connectivity index (χ1) is 25.1. The number of para-hydroxylation sites is 3. The molecule has 2 heterocycles. The number of methoxy groups -OCH3 is 2. The molecule has 1 aliphatic heterocycles. The fourth-order valence-electron chi connectivity index (χ4n) is 6.35. The van der Waals surface area contributed by atoms with Crippen molar-refractivity contribution in [3.63, 3.8) is 0 Å². The van der Waals surface area contributed by atoms with Gasteiger partial charge in [0, 0.05) is 52.7 Å². The van der Waals surface area contributed by atoms with Crippen LogP contribution >= 0.6 is 0 Å². The van der Waals surface area contributed by atoms with E-state index in [1.807, 2.05) is 104 Å². The number of rotatable bonds is 11. The van der Waals surface area contributed by atoms with Crippen LogP contribution in [0.2, 0.25) is 0 Å². The van der Waals surface area contributed by atoms with E-state index in [-0.39, 0.29) is 11.2 Å². The van der Waals surface area contributed by atoms with Crippen molar-refractivity contribution in [3.05, 3.63) is 143 Å². The van der Waals surface area contributed by atoms with Crippen LogP contribution in [0.4, 0.5) is 11.4 Å². The molecule has 0 spiro atoms. The van der Waals surface area contributed by atoms with Gasteiger partial charge in [0.2, 0.25) is 5.75 Å². The molecule has 6 aromatic rings. The van der Waals surface area contributed by atoms with E-state index >= 15 is 0 Å². The monoisotopic (exact) mass is 717 g/mol. The second-order valence-corrected chi connectivity index (χ2v) is 14.9. The maximum Gasteiger partial charge on any atom is 0.203 e. The predicted molar refractivity (Wildman–Crippen MR) is 209 cm³/mol. The van der Waals surface area contributed by atoms with Gasteiger partial charge in [-0.05, 0) is 85.4 Å². The van der Waals surface area contributed by atoms with Gasteiger partial charge in [0.25, 0.3) is 0 Å². The molecule has 7 rings (SSSR count). The van der Waals surface area contributed by atoms with Crippen LogP contribution in [0.25, 0.3) is 21.8 Å². The summed E-state index contributed by atoms with van der Waals surface area (Å²) in [5, 5.41) is 1.49. The molecule has 0 saturated carbocycles. The fraction of sp³-hybridized carbons (Fsp3) is 0.214. The van der Waals surface area contributed by atoms with Crippen molar-refractivity contribution in [1.29, 1.82) is 0 Å². The Morgan fingerprint density at radius 1 is 0.808 bits per heavy atom. The highest BCUT2D eigenvalue weighted by atomic mass is 32.2. The second kappa shape index (κ2) is 15.8. The van der Waals surface area contributed by atoms with Gasteiger partial charge >= 0.3 is 0 Å². The highest BCUT2D eigenvalue weighted by molar-refractivity contribution is 7.91. The lowest BCUT2D eigenvalue weighted by molar-refractivity contribution is 0.300. The first-order valence-electron chi connectivity index (χ1n) is 17.0. The smallest absolute Gasteiger partial charge is 0.203 e. The fourth-order valence-corrected chi connectivity index (χ4v) is 7.76. The highest BCUT2D eigenvalue weighted by Gasteiger charge is 2.26. The normalized spacial score (nSPS) is 12.1. The number of H-pyrrole nitrogens is 1. The van der Waals surface area contributed by atoms with E-state index in [0.717, 1.165) is 50.7 Å². The van der Waals surface area contributed by atoms with Crippen molar-refractivity contribution in [1.82, 2.24) is 9.88 Å². The Hall–Kier alpha value is -5.58. The van der Waals surface area contributed by atoms with Crippen molar-refractivity contribution < 1.29 is 22.6 Å². The molecule has 0 unspecified atom stereocenters. The number of anilines is 2. The van der Waals surface area contributed by atoms with Crippen LogP contribution in [-0.4, -0.2) is 65.5 Å². The van der Waals surface area contributed by atoms with Crippen LogP contribution in [0.1, 0.15) is 16.7 Å². The molecule has 0 bridgehead atoms. The number of ether oxygens (including phenoxy) is 3. The predicted octanol–water partition coefficient (Wildman–Crippen LogP) is 7.53. The molecule has 1 aliphatic rings. The van der Waals surface area contributed by atoms with Gasteiger partial charge in [-0.1, -0.05) is 61.2 Å². The molecule has 0 radical (unpaired) electrons. The molecule has 0 aliphatic carbocycles. The summed E-state index contributed by atoms with van der Waals surface area (Å²) in [4.78, 5) is 19.7. The minimum atomic E-state index is -3.43. The van der Waals surface area contributed by atoms with Gasteiger partial charge in [-0.15, -0.1) is 0 Å². The Kier molecular flexibility index (Phi) is 11.0. The second-order valence-electron chi connectivity index (χ2n) is 12.8. The molecule has 0 fully saturated rings. The van der Waals surface area contributed by atoms with Crippen molar-refractivity contribution in [3.8, 4) is 17.2 Å². The van der Waals surface area contributed by atoms with E-state index in [9.17, 15) is 13.2 Å². The number of sulfone groups is 1. The van der Waals surface area contributed by atoms with E-state index in [0.29, 0.717) is 41.8 Å². The number of aromatic amines is 1.